The Morgan fingerprint density at radius 3 is 2.38 bits per heavy atom. The van der Waals surface area contributed by atoms with Gasteiger partial charge in [0.05, 0.1) is 0 Å². The molecule has 0 aromatic heterocycles. The number of alkyl halides is 1. The van der Waals surface area contributed by atoms with E-state index in [0.29, 0.717) is 0 Å². The van der Waals surface area contributed by atoms with Crippen LogP contribution in [0.4, 0.5) is 0 Å². The molecule has 0 aliphatic carbocycles. The van der Waals surface area contributed by atoms with Gasteiger partial charge in [0.1, 0.15) is 5.38 Å². The van der Waals surface area contributed by atoms with Crippen LogP contribution in [0.1, 0.15) is 19.8 Å². The van der Waals surface area contributed by atoms with E-state index in [1.807, 2.05) is 0 Å². The van der Waals surface area contributed by atoms with E-state index in [4.69, 9.17) is 17.0 Å². The lowest BCUT2D eigenvalue weighted by atomic mass is 10.3. The zero-order valence-electron chi connectivity index (χ0n) is 4.90. The second-order valence-corrected chi connectivity index (χ2v) is 2.06. The van der Waals surface area contributed by atoms with Gasteiger partial charge in [-0.05, 0) is 6.42 Å². The van der Waals surface area contributed by atoms with Crippen molar-refractivity contribution in [2.45, 2.75) is 25.1 Å². The molecule has 0 saturated heterocycles. The van der Waals surface area contributed by atoms with Crippen molar-refractivity contribution in [1.82, 2.24) is 0 Å². The minimum Gasteiger partial charge on any atom is -1.00 e. The summed E-state index contributed by atoms with van der Waals surface area (Å²) in [6.07, 6.45) is 3.60. The van der Waals surface area contributed by atoms with Gasteiger partial charge in [0, 0.05) is 0 Å². The molecule has 1 atom stereocenters. The van der Waals surface area contributed by atoms with Crippen molar-refractivity contribution in [2.24, 2.45) is 0 Å². The molecule has 0 rings (SSSR count). The van der Waals surface area contributed by atoms with Crippen LogP contribution in [0.3, 0.4) is 0 Å². The van der Waals surface area contributed by atoms with Crippen LogP contribution in [-0.4, -0.2) is 11.6 Å². The highest BCUT2D eigenvalue weighted by Crippen LogP contribution is 1.98. The van der Waals surface area contributed by atoms with Gasteiger partial charge in [-0.15, -0.1) is 11.6 Å². The summed E-state index contributed by atoms with van der Waals surface area (Å²) in [6, 6.07) is 0. The average molecular weight is 156 g/mol. The highest BCUT2D eigenvalue weighted by atomic mass is 35.5. The van der Waals surface area contributed by atoms with Gasteiger partial charge in [-0.25, -0.2) is 0 Å². The van der Waals surface area contributed by atoms with Gasteiger partial charge < -0.3 is 12.4 Å². The van der Waals surface area contributed by atoms with Gasteiger partial charge in [0.15, 0.2) is 6.21 Å². The maximum absolute atomic E-state index is 5.58. The molecule has 8 heavy (non-hydrogen) atoms. The lowest BCUT2D eigenvalue weighted by molar-refractivity contribution is -0.107. The summed E-state index contributed by atoms with van der Waals surface area (Å²) in [5, 5.41) is 5.18. The van der Waals surface area contributed by atoms with Gasteiger partial charge in [-0.2, -0.15) is 0 Å². The quantitative estimate of drug-likeness (QED) is 0.338. The fourth-order valence-electron chi connectivity index (χ4n) is 0.372. The first-order valence-electron chi connectivity index (χ1n) is 2.50. The first-order chi connectivity index (χ1) is 3.31. The molecule has 1 nitrogen and oxygen atoms in total. The second-order valence-electron chi connectivity index (χ2n) is 1.50. The molecule has 3 heteroatoms. The van der Waals surface area contributed by atoms with Crippen LogP contribution in [0.15, 0.2) is 0 Å². The Balaban J connectivity index is 0. The molecular formula is C5H11Cl2N. The van der Waals surface area contributed by atoms with Gasteiger partial charge in [-0.1, -0.05) is 13.3 Å². The molecule has 0 saturated carbocycles. The highest BCUT2D eigenvalue weighted by Gasteiger charge is 1.97. The first-order valence-corrected chi connectivity index (χ1v) is 2.94. The van der Waals surface area contributed by atoms with E-state index in [0.717, 1.165) is 12.8 Å². The number of hydrogen-bond donors (Lipinski definition) is 1. The molecule has 50 valence electrons. The summed E-state index contributed by atoms with van der Waals surface area (Å²) >= 11 is 5.58. The fourth-order valence-corrected chi connectivity index (χ4v) is 0.590. The van der Waals surface area contributed by atoms with Crippen molar-refractivity contribution in [3.63, 3.8) is 0 Å². The molecule has 0 spiro atoms. The average Bonchev–Trinajstić information content (AvgIpc) is 1.68. The topological polar surface area (TPSA) is 25.6 Å². The first kappa shape index (κ1) is 11.1. The highest BCUT2D eigenvalue weighted by molar-refractivity contribution is 6.27. The Morgan fingerprint density at radius 1 is 1.75 bits per heavy atom. The number of nitrogens with two attached hydrogens (primary N) is 1. The van der Waals surface area contributed by atoms with E-state index in [1.165, 1.54) is 6.21 Å². The maximum atomic E-state index is 5.58. The van der Waals surface area contributed by atoms with Crippen molar-refractivity contribution in [3.05, 3.63) is 0 Å². The molecule has 0 aliphatic rings. The minimum absolute atomic E-state index is 0. The Hall–Kier alpha value is 0.250. The predicted molar refractivity (Wildman–Crippen MR) is 32.5 cm³/mol. The molecular weight excluding hydrogens is 145 g/mol. The number of rotatable bonds is 3. The van der Waals surface area contributed by atoms with Gasteiger partial charge >= 0.3 is 0 Å². The number of hydrogen-bond acceptors (Lipinski definition) is 0. The lowest BCUT2D eigenvalue weighted by Crippen LogP contribution is -3.00. The van der Waals surface area contributed by atoms with Crippen molar-refractivity contribution in [3.8, 4) is 0 Å². The molecule has 0 aromatic carbocycles. The van der Waals surface area contributed by atoms with Crippen molar-refractivity contribution in [2.75, 3.05) is 0 Å². The monoisotopic (exact) mass is 155 g/mol. The molecule has 0 radical (unpaired) electrons. The van der Waals surface area contributed by atoms with E-state index < -0.39 is 0 Å². The molecule has 0 amide bonds. The third kappa shape index (κ3) is 6.25. The van der Waals surface area contributed by atoms with E-state index in [1.54, 1.807) is 0 Å². The smallest absolute Gasteiger partial charge is 0.154 e. The summed E-state index contributed by atoms with van der Waals surface area (Å²) in [4.78, 5) is 0. The molecule has 0 aromatic rings. The Labute approximate surface area is 61.3 Å². The van der Waals surface area contributed by atoms with Gasteiger partial charge in [-0.3, -0.25) is 5.41 Å². The van der Waals surface area contributed by atoms with Crippen LogP contribution in [0.5, 0.6) is 0 Å². The maximum Gasteiger partial charge on any atom is 0.154 e. The summed E-state index contributed by atoms with van der Waals surface area (Å²) < 4.78 is 0. The van der Waals surface area contributed by atoms with Crippen molar-refractivity contribution >= 4 is 17.8 Å². The minimum atomic E-state index is 0. The van der Waals surface area contributed by atoms with E-state index in [9.17, 15) is 0 Å². The molecule has 1 unspecified atom stereocenters. The zero-order chi connectivity index (χ0) is 5.70. The Kier molecular flexibility index (Phi) is 10.1. The Morgan fingerprint density at radius 2 is 2.25 bits per heavy atom. The third-order valence-corrected chi connectivity index (χ3v) is 1.14. The number of halogens is 2. The molecule has 0 bridgehead atoms. The van der Waals surface area contributed by atoms with Crippen LogP contribution in [0.25, 0.3) is 0 Å². The van der Waals surface area contributed by atoms with Crippen molar-refractivity contribution in [1.29, 1.82) is 0 Å². The Bertz CT molecular complexity index is 56.4. The normalized spacial score (nSPS) is 11.8. The van der Waals surface area contributed by atoms with Crippen LogP contribution in [0, 0.1) is 0 Å². The van der Waals surface area contributed by atoms with E-state index in [-0.39, 0.29) is 17.8 Å². The largest absolute Gasteiger partial charge is 1.00 e. The van der Waals surface area contributed by atoms with Crippen LogP contribution >= 0.6 is 11.6 Å². The van der Waals surface area contributed by atoms with E-state index in [2.05, 4.69) is 6.92 Å². The third-order valence-electron chi connectivity index (χ3n) is 0.773. The van der Waals surface area contributed by atoms with Gasteiger partial charge in [0.2, 0.25) is 0 Å². The predicted octanol–water partition coefficient (Wildman–Crippen LogP) is -2.77. The van der Waals surface area contributed by atoms with Crippen molar-refractivity contribution < 1.29 is 17.8 Å². The van der Waals surface area contributed by atoms with Crippen LogP contribution in [-0.2, 0) is 0 Å². The fraction of sp³-hybridized carbons (Fsp3) is 0.800. The molecule has 0 heterocycles. The van der Waals surface area contributed by atoms with E-state index >= 15 is 0 Å². The molecule has 0 aliphatic heterocycles. The SMILES string of the molecule is CCCC(Cl)C=[NH2+].[Cl-]. The summed E-state index contributed by atoms with van der Waals surface area (Å²) in [6.45, 7) is 2.08. The second kappa shape index (κ2) is 7.25. The summed E-state index contributed by atoms with van der Waals surface area (Å²) in [5.74, 6) is 0. The summed E-state index contributed by atoms with van der Waals surface area (Å²) in [7, 11) is 0. The van der Waals surface area contributed by atoms with Gasteiger partial charge in [0.25, 0.3) is 0 Å². The van der Waals surface area contributed by atoms with Crippen LogP contribution < -0.4 is 17.8 Å². The standard InChI is InChI=1S/C5H10ClN.ClH/c1-2-3-5(6)4-7;/h4-5,7H,2-3H2,1H3;1H. The molecule has 0 fully saturated rings. The zero-order valence-corrected chi connectivity index (χ0v) is 6.41. The molecule has 2 N–H and O–H groups in total. The lowest BCUT2D eigenvalue weighted by Gasteiger charge is -1.91. The van der Waals surface area contributed by atoms with Crippen LogP contribution in [0.2, 0.25) is 0 Å². The summed E-state index contributed by atoms with van der Waals surface area (Å²) in [5.41, 5.74) is 0.